The van der Waals surface area contributed by atoms with E-state index in [-0.39, 0.29) is 39.9 Å². The summed E-state index contributed by atoms with van der Waals surface area (Å²) in [6, 6.07) is 16.5. The average molecular weight is 536 g/mol. The maximum Gasteiger partial charge on any atom is 0.312 e. The van der Waals surface area contributed by atoms with Crippen LogP contribution in [0.1, 0.15) is 35.4 Å². The second-order valence-electron chi connectivity index (χ2n) is 10.1. The number of pyridine rings is 1. The van der Waals surface area contributed by atoms with E-state index in [1.807, 2.05) is 22.8 Å². The molecule has 0 bridgehead atoms. The molecule has 0 N–H and O–H groups in total. The summed E-state index contributed by atoms with van der Waals surface area (Å²) in [7, 11) is 3.02. The van der Waals surface area contributed by atoms with Crippen molar-refractivity contribution in [1.82, 2.24) is 4.57 Å². The van der Waals surface area contributed by atoms with Crippen LogP contribution in [0, 0.1) is 0 Å². The summed E-state index contributed by atoms with van der Waals surface area (Å²) in [6.07, 6.45) is 3.13. The fourth-order valence-electron chi connectivity index (χ4n) is 6.15. The first-order valence-corrected chi connectivity index (χ1v) is 13.2. The summed E-state index contributed by atoms with van der Waals surface area (Å²) >= 11 is 0. The zero-order chi connectivity index (χ0) is 27.5. The third kappa shape index (κ3) is 3.56. The molecule has 7 rings (SSSR count). The Balaban J connectivity index is 1.49. The molecule has 5 aromatic rings. The van der Waals surface area contributed by atoms with E-state index in [1.54, 1.807) is 31.4 Å². The Morgan fingerprint density at radius 2 is 1.80 bits per heavy atom. The molecule has 0 spiro atoms. The molecule has 0 radical (unpaired) electrons. The molecule has 0 fully saturated rings. The van der Waals surface area contributed by atoms with Crippen molar-refractivity contribution in [2.75, 3.05) is 14.2 Å². The first-order valence-electron chi connectivity index (χ1n) is 13.2. The first kappa shape index (κ1) is 24.2. The van der Waals surface area contributed by atoms with Crippen molar-refractivity contribution in [3.05, 3.63) is 98.1 Å². The van der Waals surface area contributed by atoms with E-state index in [1.165, 1.54) is 19.4 Å². The minimum absolute atomic E-state index is 0.0567. The van der Waals surface area contributed by atoms with E-state index in [0.717, 1.165) is 29.3 Å². The number of aryl methyl sites for hydroxylation is 2. The van der Waals surface area contributed by atoms with Gasteiger partial charge in [0.05, 0.1) is 31.7 Å². The molecule has 1 atom stereocenters. The predicted octanol–water partition coefficient (Wildman–Crippen LogP) is 5.18. The van der Waals surface area contributed by atoms with Crippen LogP contribution in [0.25, 0.3) is 33.0 Å². The summed E-state index contributed by atoms with van der Waals surface area (Å²) in [4.78, 5) is 40.6. The lowest BCUT2D eigenvalue weighted by molar-refractivity contribution is -0.135. The minimum Gasteiger partial charge on any atom is -0.497 e. The number of aromatic nitrogens is 1. The molecule has 2 aromatic heterocycles. The van der Waals surface area contributed by atoms with Gasteiger partial charge in [0.15, 0.2) is 0 Å². The molecule has 2 aliphatic heterocycles. The van der Waals surface area contributed by atoms with E-state index in [0.29, 0.717) is 34.5 Å². The predicted molar refractivity (Wildman–Crippen MR) is 150 cm³/mol. The van der Waals surface area contributed by atoms with Crippen molar-refractivity contribution in [2.24, 2.45) is 0 Å². The number of nitrogens with zero attached hydrogens (tertiary/aromatic N) is 1. The monoisotopic (exact) mass is 535 g/mol. The second-order valence-corrected chi connectivity index (χ2v) is 10.1. The second kappa shape index (κ2) is 9.12. The number of hydrogen-bond donors (Lipinski definition) is 0. The van der Waals surface area contributed by atoms with Crippen LogP contribution < -0.4 is 25.2 Å². The number of ether oxygens (including phenoxy) is 3. The van der Waals surface area contributed by atoms with Crippen molar-refractivity contribution in [3.8, 4) is 28.4 Å². The summed E-state index contributed by atoms with van der Waals surface area (Å²) in [5.74, 6) is -0.0222. The van der Waals surface area contributed by atoms with Crippen LogP contribution in [0.15, 0.2) is 74.9 Å². The highest BCUT2D eigenvalue weighted by atomic mass is 16.5. The Morgan fingerprint density at radius 3 is 2.58 bits per heavy atom. The van der Waals surface area contributed by atoms with Crippen molar-refractivity contribution in [2.45, 2.75) is 31.7 Å². The van der Waals surface area contributed by atoms with Gasteiger partial charge in [0.25, 0.3) is 5.56 Å². The van der Waals surface area contributed by atoms with Gasteiger partial charge >= 0.3 is 5.97 Å². The largest absolute Gasteiger partial charge is 0.497 e. The zero-order valence-electron chi connectivity index (χ0n) is 22.0. The van der Waals surface area contributed by atoms with Crippen molar-refractivity contribution < 1.29 is 23.4 Å². The highest BCUT2D eigenvalue weighted by molar-refractivity contribution is 5.95. The third-order valence-electron chi connectivity index (χ3n) is 8.00. The van der Waals surface area contributed by atoms with Gasteiger partial charge in [-0.3, -0.25) is 14.4 Å². The highest BCUT2D eigenvalue weighted by Crippen LogP contribution is 2.46. The first-order chi connectivity index (χ1) is 19.5. The SMILES string of the molecule is COc1ccc(-c2coc3c4c(cc(OC)c3c2=O)OC(=O)C[C@H]4c2cc3cccc4c3n(c2=O)CCC4)cc1. The number of carbonyl (C=O) groups excluding carboxylic acids is 1. The van der Waals surface area contributed by atoms with Crippen LogP contribution in [0.5, 0.6) is 17.2 Å². The fraction of sp³-hybridized carbons (Fsp3) is 0.219. The topological polar surface area (TPSA) is 97.0 Å². The molecule has 8 heteroatoms. The fourth-order valence-corrected chi connectivity index (χ4v) is 6.15. The van der Waals surface area contributed by atoms with Crippen molar-refractivity contribution >= 4 is 27.8 Å². The van der Waals surface area contributed by atoms with E-state index in [9.17, 15) is 14.4 Å². The van der Waals surface area contributed by atoms with Gasteiger partial charge < -0.3 is 23.2 Å². The van der Waals surface area contributed by atoms with Crippen LogP contribution >= 0.6 is 0 Å². The van der Waals surface area contributed by atoms with E-state index in [2.05, 4.69) is 6.07 Å². The van der Waals surface area contributed by atoms with Crippen LogP contribution in [-0.4, -0.2) is 24.8 Å². The van der Waals surface area contributed by atoms with Crippen LogP contribution in [-0.2, 0) is 17.8 Å². The molecule has 200 valence electrons. The number of para-hydroxylation sites is 1. The highest BCUT2D eigenvalue weighted by Gasteiger charge is 2.36. The number of hydrogen-bond acceptors (Lipinski definition) is 7. The molecule has 0 saturated heterocycles. The normalized spacial score (nSPS) is 16.1. The maximum atomic E-state index is 13.9. The van der Waals surface area contributed by atoms with Crippen LogP contribution in [0.4, 0.5) is 0 Å². The van der Waals surface area contributed by atoms with Crippen LogP contribution in [0.3, 0.4) is 0 Å². The summed E-state index contributed by atoms with van der Waals surface area (Å²) < 4.78 is 24.4. The van der Waals surface area contributed by atoms with Gasteiger partial charge in [0.1, 0.15) is 34.5 Å². The Kier molecular flexibility index (Phi) is 5.52. The van der Waals surface area contributed by atoms with Gasteiger partial charge in [0.2, 0.25) is 5.43 Å². The number of carbonyl (C=O) groups is 1. The molecular formula is C32H25NO7. The van der Waals surface area contributed by atoms with E-state index < -0.39 is 11.9 Å². The average Bonchev–Trinajstić information content (AvgIpc) is 2.98. The Labute approximate surface area is 228 Å². The summed E-state index contributed by atoms with van der Waals surface area (Å²) in [5.41, 5.74) is 3.84. The standard InChI is InChI=1S/C32H25NO7/c1-37-20-10-8-17(9-11-20)23-16-39-31-27-21(14-26(34)40-25(27)15-24(38-2)28(31)30(23)35)22-13-19-6-3-5-18-7-4-12-33(29(18)19)32(22)36/h3,5-6,8-11,13,15-16,21H,4,7,12,14H2,1-2H3/t21-/m0/s1. The number of benzene rings is 3. The number of methoxy groups -OCH3 is 2. The molecule has 2 aliphatic rings. The Morgan fingerprint density at radius 1 is 0.975 bits per heavy atom. The summed E-state index contributed by atoms with van der Waals surface area (Å²) in [6.45, 7) is 0.605. The van der Waals surface area contributed by atoms with Gasteiger partial charge in [-0.1, -0.05) is 30.3 Å². The minimum atomic E-state index is -0.661. The van der Waals surface area contributed by atoms with Crippen molar-refractivity contribution in [3.63, 3.8) is 0 Å². The molecule has 8 nitrogen and oxygen atoms in total. The molecule has 0 saturated carbocycles. The molecule has 0 unspecified atom stereocenters. The molecule has 3 aromatic carbocycles. The molecule has 40 heavy (non-hydrogen) atoms. The van der Waals surface area contributed by atoms with Gasteiger partial charge in [-0.25, -0.2) is 0 Å². The zero-order valence-corrected chi connectivity index (χ0v) is 22.0. The summed E-state index contributed by atoms with van der Waals surface area (Å²) in [5, 5.41) is 1.16. The van der Waals surface area contributed by atoms with Crippen molar-refractivity contribution in [1.29, 1.82) is 0 Å². The Hall–Kier alpha value is -4.85. The lowest BCUT2D eigenvalue weighted by atomic mass is 9.84. The van der Waals surface area contributed by atoms with E-state index in [4.69, 9.17) is 18.6 Å². The Bertz CT molecular complexity index is 1970. The lowest BCUT2D eigenvalue weighted by Crippen LogP contribution is -2.31. The lowest BCUT2D eigenvalue weighted by Gasteiger charge is -2.27. The number of rotatable bonds is 4. The van der Waals surface area contributed by atoms with Gasteiger partial charge in [0, 0.05) is 29.7 Å². The molecule has 4 heterocycles. The smallest absolute Gasteiger partial charge is 0.312 e. The van der Waals surface area contributed by atoms with Gasteiger partial charge in [-0.15, -0.1) is 0 Å². The quantitative estimate of drug-likeness (QED) is 0.231. The van der Waals surface area contributed by atoms with Gasteiger partial charge in [-0.2, -0.15) is 0 Å². The molecule has 0 aliphatic carbocycles. The maximum absolute atomic E-state index is 13.9. The van der Waals surface area contributed by atoms with Gasteiger partial charge in [-0.05, 0) is 47.6 Å². The number of esters is 1. The van der Waals surface area contributed by atoms with E-state index >= 15 is 0 Å². The molecule has 0 amide bonds. The molecular weight excluding hydrogens is 510 g/mol. The van der Waals surface area contributed by atoms with Crippen LogP contribution in [0.2, 0.25) is 0 Å². The number of fused-ring (bicyclic) bond motifs is 3. The third-order valence-corrected chi connectivity index (χ3v) is 8.00.